The normalized spacial score (nSPS) is 16.7. The van der Waals surface area contributed by atoms with Crippen LogP contribution in [0.25, 0.3) is 0 Å². The Morgan fingerprint density at radius 3 is 2.86 bits per heavy atom. The maximum absolute atomic E-state index is 11.4. The third kappa shape index (κ3) is 3.35. The molecular formula is C16H18N2O2S2. The molecule has 3 N–H and O–H groups in total. The van der Waals surface area contributed by atoms with Gasteiger partial charge in [0.05, 0.1) is 28.3 Å². The van der Waals surface area contributed by atoms with Gasteiger partial charge in [0.2, 0.25) is 5.91 Å². The largest absolute Gasteiger partial charge is 0.394 e. The van der Waals surface area contributed by atoms with Crippen molar-refractivity contribution in [3.63, 3.8) is 0 Å². The van der Waals surface area contributed by atoms with E-state index >= 15 is 0 Å². The van der Waals surface area contributed by atoms with Gasteiger partial charge in [-0.1, -0.05) is 30.3 Å². The number of hydrogen-bond acceptors (Lipinski definition) is 5. The molecule has 0 aliphatic carbocycles. The number of carbonyl (C=O) groups excluding carboxylic acids is 1. The molecule has 1 aromatic carbocycles. The molecule has 2 unspecified atom stereocenters. The Balaban J connectivity index is 1.74. The average molecular weight is 334 g/mol. The zero-order valence-corrected chi connectivity index (χ0v) is 13.8. The monoisotopic (exact) mass is 334 g/mol. The molecule has 0 spiro atoms. The lowest BCUT2D eigenvalue weighted by Crippen LogP contribution is -2.26. The lowest BCUT2D eigenvalue weighted by Gasteiger charge is -2.21. The van der Waals surface area contributed by atoms with Crippen LogP contribution in [-0.2, 0) is 4.79 Å². The summed E-state index contributed by atoms with van der Waals surface area (Å²) >= 11 is 3.28. The van der Waals surface area contributed by atoms with Crippen LogP contribution in [0.4, 0.5) is 5.69 Å². The molecule has 116 valence electrons. The second-order valence-corrected chi connectivity index (χ2v) is 7.55. The van der Waals surface area contributed by atoms with Gasteiger partial charge in [-0.25, -0.2) is 0 Å². The molecule has 0 fully saturated rings. The number of thiophene rings is 1. The van der Waals surface area contributed by atoms with Gasteiger partial charge in [0, 0.05) is 10.9 Å². The van der Waals surface area contributed by atoms with Gasteiger partial charge in [-0.2, -0.15) is 0 Å². The summed E-state index contributed by atoms with van der Waals surface area (Å²) < 4.78 is 1.16. The molecule has 1 aliphatic heterocycles. The summed E-state index contributed by atoms with van der Waals surface area (Å²) in [4.78, 5) is 12.6. The van der Waals surface area contributed by atoms with Crippen LogP contribution >= 0.6 is 23.1 Å². The molecule has 0 bridgehead atoms. The number of amides is 1. The molecule has 0 radical (unpaired) electrons. The van der Waals surface area contributed by atoms with Crippen LogP contribution in [0, 0.1) is 0 Å². The molecule has 22 heavy (non-hydrogen) atoms. The highest BCUT2D eigenvalue weighted by Crippen LogP contribution is 2.41. The van der Waals surface area contributed by atoms with Gasteiger partial charge in [0.1, 0.15) is 0 Å². The molecule has 3 rings (SSSR count). The first-order chi connectivity index (χ1) is 10.7. The Bertz CT molecular complexity index is 657. The predicted octanol–water partition coefficient (Wildman–Crippen LogP) is 3.18. The Hall–Kier alpha value is -1.34. The van der Waals surface area contributed by atoms with E-state index in [0.717, 1.165) is 20.3 Å². The number of fused-ring (bicyclic) bond motifs is 1. The van der Waals surface area contributed by atoms with Crippen molar-refractivity contribution >= 4 is 34.7 Å². The van der Waals surface area contributed by atoms with Crippen LogP contribution in [0.2, 0.25) is 0 Å². The molecule has 0 saturated carbocycles. The first-order valence-corrected chi connectivity index (χ1v) is 8.96. The van der Waals surface area contributed by atoms with E-state index in [1.54, 1.807) is 23.1 Å². The fourth-order valence-corrected chi connectivity index (χ4v) is 4.60. The van der Waals surface area contributed by atoms with Gasteiger partial charge in [-0.3, -0.25) is 4.79 Å². The van der Waals surface area contributed by atoms with E-state index in [4.69, 9.17) is 0 Å². The summed E-state index contributed by atoms with van der Waals surface area (Å²) in [7, 11) is 0. The van der Waals surface area contributed by atoms with E-state index < -0.39 is 0 Å². The summed E-state index contributed by atoms with van der Waals surface area (Å²) in [6.07, 6.45) is 0. The SMILES string of the molecule is CC(NC(CO)c1ccccc1)c1cc2c(s1)SCC(=O)N2. The van der Waals surface area contributed by atoms with E-state index in [0.29, 0.717) is 5.75 Å². The zero-order valence-electron chi connectivity index (χ0n) is 12.2. The summed E-state index contributed by atoms with van der Waals surface area (Å²) in [5.41, 5.74) is 1.98. The minimum Gasteiger partial charge on any atom is -0.394 e. The van der Waals surface area contributed by atoms with E-state index in [-0.39, 0.29) is 24.6 Å². The first kappa shape index (κ1) is 15.6. The van der Waals surface area contributed by atoms with Crippen LogP contribution in [0.3, 0.4) is 0 Å². The van der Waals surface area contributed by atoms with Crippen molar-refractivity contribution < 1.29 is 9.90 Å². The van der Waals surface area contributed by atoms with Gasteiger partial charge in [0.25, 0.3) is 0 Å². The summed E-state index contributed by atoms with van der Waals surface area (Å²) in [5, 5.41) is 16.0. The first-order valence-electron chi connectivity index (χ1n) is 7.15. The van der Waals surface area contributed by atoms with Crippen molar-refractivity contribution in [2.45, 2.75) is 23.2 Å². The van der Waals surface area contributed by atoms with Gasteiger partial charge in [0.15, 0.2) is 0 Å². The highest BCUT2D eigenvalue weighted by atomic mass is 32.2. The average Bonchev–Trinajstić information content (AvgIpc) is 2.96. The Morgan fingerprint density at radius 2 is 2.14 bits per heavy atom. The zero-order chi connectivity index (χ0) is 15.5. The fraction of sp³-hybridized carbons (Fsp3) is 0.312. The van der Waals surface area contributed by atoms with E-state index in [1.165, 1.54) is 0 Å². The topological polar surface area (TPSA) is 61.4 Å². The summed E-state index contributed by atoms with van der Waals surface area (Å²) in [6, 6.07) is 12.0. The molecule has 2 heterocycles. The molecule has 2 aromatic rings. The number of thioether (sulfide) groups is 1. The van der Waals surface area contributed by atoms with Gasteiger partial charge in [-0.05, 0) is 18.6 Å². The van der Waals surface area contributed by atoms with E-state index in [9.17, 15) is 9.90 Å². The Kier molecular flexibility index (Phi) is 4.83. The van der Waals surface area contributed by atoms with Crippen molar-refractivity contribution in [1.29, 1.82) is 0 Å². The lowest BCUT2D eigenvalue weighted by molar-refractivity contribution is -0.113. The van der Waals surface area contributed by atoms with Crippen molar-refractivity contribution in [2.75, 3.05) is 17.7 Å². The van der Waals surface area contributed by atoms with E-state index in [2.05, 4.69) is 17.6 Å². The molecule has 4 nitrogen and oxygen atoms in total. The van der Waals surface area contributed by atoms with Crippen LogP contribution in [0.15, 0.2) is 40.6 Å². The number of benzene rings is 1. The second kappa shape index (κ2) is 6.83. The number of nitrogens with one attached hydrogen (secondary N) is 2. The molecule has 6 heteroatoms. The second-order valence-electron chi connectivity index (χ2n) is 5.22. The van der Waals surface area contributed by atoms with Crippen molar-refractivity contribution in [3.8, 4) is 0 Å². The van der Waals surface area contributed by atoms with E-state index in [1.807, 2.05) is 36.4 Å². The standard InChI is InChI=1S/C16H18N2O2S2/c1-10(17-13(8-19)11-5-3-2-4-6-11)14-7-12-16(22-14)21-9-15(20)18-12/h2-7,10,13,17,19H,8-9H2,1H3,(H,18,20). The van der Waals surface area contributed by atoms with Crippen molar-refractivity contribution in [2.24, 2.45) is 0 Å². The van der Waals surface area contributed by atoms with Crippen molar-refractivity contribution in [3.05, 3.63) is 46.8 Å². The predicted molar refractivity (Wildman–Crippen MR) is 91.5 cm³/mol. The smallest absolute Gasteiger partial charge is 0.234 e. The minimum atomic E-state index is -0.0995. The number of aliphatic hydroxyl groups is 1. The number of carbonyl (C=O) groups is 1. The summed E-state index contributed by atoms with van der Waals surface area (Å²) in [5.74, 6) is 0.540. The van der Waals surface area contributed by atoms with Gasteiger partial charge in [-0.15, -0.1) is 23.1 Å². The third-order valence-electron chi connectivity index (χ3n) is 3.59. The number of anilines is 1. The van der Waals surface area contributed by atoms with Gasteiger partial charge >= 0.3 is 0 Å². The molecular weight excluding hydrogens is 316 g/mol. The highest BCUT2D eigenvalue weighted by Gasteiger charge is 2.22. The molecule has 1 amide bonds. The molecule has 2 atom stereocenters. The Labute approximate surface area is 137 Å². The number of aliphatic hydroxyl groups excluding tert-OH is 1. The molecule has 1 aliphatic rings. The van der Waals surface area contributed by atoms with Crippen LogP contribution in [0.1, 0.15) is 29.4 Å². The fourth-order valence-electron chi connectivity index (χ4n) is 2.44. The minimum absolute atomic E-state index is 0.0466. The van der Waals surface area contributed by atoms with Gasteiger partial charge < -0.3 is 15.7 Å². The van der Waals surface area contributed by atoms with Crippen molar-refractivity contribution in [1.82, 2.24) is 5.32 Å². The molecule has 1 aromatic heterocycles. The number of rotatable bonds is 5. The van der Waals surface area contributed by atoms with Crippen LogP contribution in [-0.4, -0.2) is 23.4 Å². The number of hydrogen-bond donors (Lipinski definition) is 3. The maximum atomic E-state index is 11.4. The van der Waals surface area contributed by atoms with Crippen LogP contribution in [0.5, 0.6) is 0 Å². The Morgan fingerprint density at radius 1 is 1.36 bits per heavy atom. The maximum Gasteiger partial charge on any atom is 0.234 e. The highest BCUT2D eigenvalue weighted by molar-refractivity contribution is 8.02. The quantitative estimate of drug-likeness (QED) is 0.786. The summed E-state index contributed by atoms with van der Waals surface area (Å²) in [6.45, 7) is 2.13. The molecule has 0 saturated heterocycles. The third-order valence-corrected chi connectivity index (χ3v) is 6.19. The lowest BCUT2D eigenvalue weighted by atomic mass is 10.1. The van der Waals surface area contributed by atoms with Crippen LogP contribution < -0.4 is 10.6 Å².